The van der Waals surface area contributed by atoms with Crippen molar-refractivity contribution in [2.24, 2.45) is 0 Å². The number of carbonyl (C=O) groups is 1. The molecule has 0 amide bonds. The number of benzene rings is 1. The molecule has 0 bridgehead atoms. The molecule has 1 heterocycles. The molecule has 0 aliphatic heterocycles. The van der Waals surface area contributed by atoms with Gasteiger partial charge in [-0.05, 0) is 43.2 Å². The first-order chi connectivity index (χ1) is 9.88. The molecule has 2 rings (SSSR count). The highest BCUT2D eigenvalue weighted by Crippen LogP contribution is 2.21. The third-order valence-electron chi connectivity index (χ3n) is 3.00. The van der Waals surface area contributed by atoms with Crippen molar-refractivity contribution >= 4 is 23.4 Å². The van der Waals surface area contributed by atoms with Crippen LogP contribution in [0.3, 0.4) is 0 Å². The van der Waals surface area contributed by atoms with E-state index in [1.165, 1.54) is 12.1 Å². The average molecular weight is 309 g/mol. The average Bonchev–Trinajstić information content (AvgIpc) is 2.38. The summed E-state index contributed by atoms with van der Waals surface area (Å²) in [5.74, 6) is -1.24. The van der Waals surface area contributed by atoms with Gasteiger partial charge in [-0.25, -0.2) is 14.2 Å². The second-order valence-electron chi connectivity index (χ2n) is 4.71. The lowest BCUT2D eigenvalue weighted by molar-refractivity contribution is 0.0697. The van der Waals surface area contributed by atoms with Crippen molar-refractivity contribution in [2.75, 3.05) is 5.32 Å². The van der Waals surface area contributed by atoms with Gasteiger partial charge in [-0.3, -0.25) is 0 Å². The lowest BCUT2D eigenvalue weighted by Gasteiger charge is -2.12. The van der Waals surface area contributed by atoms with Crippen molar-refractivity contribution in [3.05, 3.63) is 57.5 Å². The molecule has 1 aromatic heterocycles. The highest BCUT2D eigenvalue weighted by Gasteiger charge is 2.15. The predicted molar refractivity (Wildman–Crippen MR) is 79.4 cm³/mol. The molecule has 2 N–H and O–H groups in total. The Kier molecular flexibility index (Phi) is 4.43. The molecule has 0 fully saturated rings. The van der Waals surface area contributed by atoms with Crippen molar-refractivity contribution in [3.63, 3.8) is 0 Å². The second kappa shape index (κ2) is 6.10. The number of nitrogens with one attached hydrogen (secondary N) is 1. The number of halogens is 2. The van der Waals surface area contributed by atoms with E-state index in [-0.39, 0.29) is 10.6 Å². The minimum Gasteiger partial charge on any atom is -0.478 e. The molecule has 110 valence electrons. The number of nitrogens with zero attached hydrogens (tertiary/aromatic N) is 1. The number of anilines is 1. The van der Waals surface area contributed by atoms with Crippen LogP contribution >= 0.6 is 11.6 Å². The summed E-state index contributed by atoms with van der Waals surface area (Å²) in [6.45, 7) is 3.81. The molecule has 0 spiro atoms. The van der Waals surface area contributed by atoms with E-state index in [1.54, 1.807) is 26.0 Å². The molecule has 21 heavy (non-hydrogen) atoms. The van der Waals surface area contributed by atoms with Crippen molar-refractivity contribution < 1.29 is 14.3 Å². The molecule has 0 radical (unpaired) electrons. The van der Waals surface area contributed by atoms with Gasteiger partial charge in [0.2, 0.25) is 0 Å². The van der Waals surface area contributed by atoms with Gasteiger partial charge in [-0.2, -0.15) is 0 Å². The summed E-state index contributed by atoms with van der Waals surface area (Å²) in [5, 5.41) is 12.3. The van der Waals surface area contributed by atoms with Gasteiger partial charge in [-0.1, -0.05) is 17.7 Å². The van der Waals surface area contributed by atoms with Crippen molar-refractivity contribution in [1.82, 2.24) is 4.98 Å². The van der Waals surface area contributed by atoms with Gasteiger partial charge in [0.1, 0.15) is 17.2 Å². The number of aryl methyl sites for hydroxylation is 2. The van der Waals surface area contributed by atoms with Crippen LogP contribution in [0.5, 0.6) is 0 Å². The van der Waals surface area contributed by atoms with Gasteiger partial charge < -0.3 is 10.4 Å². The molecular formula is C15H14ClFN2O2. The summed E-state index contributed by atoms with van der Waals surface area (Å²) in [6, 6.07) is 6.06. The number of hydrogen-bond donors (Lipinski definition) is 2. The number of carboxylic acids is 1. The van der Waals surface area contributed by atoms with Crippen LogP contribution in [0.2, 0.25) is 5.02 Å². The quantitative estimate of drug-likeness (QED) is 0.902. The number of pyridine rings is 1. The summed E-state index contributed by atoms with van der Waals surface area (Å²) in [7, 11) is 0. The monoisotopic (exact) mass is 308 g/mol. The molecule has 0 saturated carbocycles. The molecule has 0 aliphatic carbocycles. The zero-order valence-electron chi connectivity index (χ0n) is 11.6. The molecule has 6 heteroatoms. The van der Waals surface area contributed by atoms with Crippen LogP contribution in [-0.4, -0.2) is 16.1 Å². The van der Waals surface area contributed by atoms with Crippen LogP contribution in [0.1, 0.15) is 27.2 Å². The summed E-state index contributed by atoms with van der Waals surface area (Å²) >= 11 is 5.72. The van der Waals surface area contributed by atoms with E-state index in [4.69, 9.17) is 11.6 Å². The number of hydrogen-bond acceptors (Lipinski definition) is 3. The van der Waals surface area contributed by atoms with E-state index in [9.17, 15) is 14.3 Å². The first-order valence-electron chi connectivity index (χ1n) is 6.28. The van der Waals surface area contributed by atoms with E-state index < -0.39 is 11.8 Å². The molecule has 0 atom stereocenters. The van der Waals surface area contributed by atoms with E-state index in [0.29, 0.717) is 17.9 Å². The lowest BCUT2D eigenvalue weighted by atomic mass is 10.1. The minimum absolute atomic E-state index is 0.0288. The zero-order valence-corrected chi connectivity index (χ0v) is 12.3. The number of rotatable bonds is 4. The van der Waals surface area contributed by atoms with Crippen molar-refractivity contribution in [2.45, 2.75) is 20.4 Å². The summed E-state index contributed by atoms with van der Waals surface area (Å²) < 4.78 is 13.1. The van der Waals surface area contributed by atoms with E-state index in [2.05, 4.69) is 10.3 Å². The molecule has 0 aliphatic rings. The smallest absolute Gasteiger partial charge is 0.339 e. The van der Waals surface area contributed by atoms with Crippen LogP contribution in [0.25, 0.3) is 0 Å². The lowest BCUT2D eigenvalue weighted by Crippen LogP contribution is -2.11. The fourth-order valence-corrected chi connectivity index (χ4v) is 2.27. The largest absolute Gasteiger partial charge is 0.478 e. The molecule has 1 aromatic carbocycles. The van der Waals surface area contributed by atoms with Gasteiger partial charge in [0, 0.05) is 12.2 Å². The van der Waals surface area contributed by atoms with Crippen LogP contribution in [-0.2, 0) is 6.54 Å². The summed E-state index contributed by atoms with van der Waals surface area (Å²) in [5.41, 5.74) is 2.22. The Bertz CT molecular complexity index is 704. The maximum absolute atomic E-state index is 13.1. The Morgan fingerprint density at radius 2 is 2.10 bits per heavy atom. The number of aromatic nitrogens is 1. The Balaban J connectivity index is 2.27. The van der Waals surface area contributed by atoms with Crippen LogP contribution < -0.4 is 5.32 Å². The topological polar surface area (TPSA) is 62.2 Å². The molecule has 2 aromatic rings. The van der Waals surface area contributed by atoms with Gasteiger partial charge in [0.05, 0.1) is 5.02 Å². The molecule has 4 nitrogen and oxygen atoms in total. The Labute approximate surface area is 126 Å². The first-order valence-corrected chi connectivity index (χ1v) is 6.65. The van der Waals surface area contributed by atoms with Crippen molar-refractivity contribution in [3.8, 4) is 0 Å². The fourth-order valence-electron chi connectivity index (χ4n) is 2.07. The van der Waals surface area contributed by atoms with Gasteiger partial charge in [0.15, 0.2) is 0 Å². The molecule has 0 saturated heterocycles. The van der Waals surface area contributed by atoms with Gasteiger partial charge >= 0.3 is 5.97 Å². The number of carboxylic acid groups (broad SMARTS) is 1. The second-order valence-corrected chi connectivity index (χ2v) is 5.12. The summed E-state index contributed by atoms with van der Waals surface area (Å²) in [4.78, 5) is 15.5. The van der Waals surface area contributed by atoms with E-state index in [1.807, 2.05) is 0 Å². The van der Waals surface area contributed by atoms with Crippen LogP contribution in [0, 0.1) is 19.7 Å². The fraction of sp³-hybridized carbons (Fsp3) is 0.200. The predicted octanol–water partition coefficient (Wildman–Crippen LogP) is 3.80. The third-order valence-corrected chi connectivity index (χ3v) is 3.29. The SMILES string of the molecule is Cc1cc(C)c(C(=O)O)c(NCc2ccc(F)c(Cl)c2)n1. The molecule has 0 unspecified atom stereocenters. The normalized spacial score (nSPS) is 10.5. The highest BCUT2D eigenvalue weighted by molar-refractivity contribution is 6.30. The Morgan fingerprint density at radius 3 is 2.71 bits per heavy atom. The van der Waals surface area contributed by atoms with Gasteiger partial charge in [-0.15, -0.1) is 0 Å². The van der Waals surface area contributed by atoms with Gasteiger partial charge in [0.25, 0.3) is 0 Å². The Hall–Kier alpha value is -2.14. The third kappa shape index (κ3) is 3.49. The maximum Gasteiger partial charge on any atom is 0.339 e. The molecular weight excluding hydrogens is 295 g/mol. The van der Waals surface area contributed by atoms with Crippen LogP contribution in [0.15, 0.2) is 24.3 Å². The Morgan fingerprint density at radius 1 is 1.38 bits per heavy atom. The first kappa shape index (κ1) is 15.3. The minimum atomic E-state index is -1.04. The number of aromatic carboxylic acids is 1. The summed E-state index contributed by atoms with van der Waals surface area (Å²) in [6.07, 6.45) is 0. The van der Waals surface area contributed by atoms with Crippen molar-refractivity contribution in [1.29, 1.82) is 0 Å². The highest BCUT2D eigenvalue weighted by atomic mass is 35.5. The van der Waals surface area contributed by atoms with E-state index >= 15 is 0 Å². The van der Waals surface area contributed by atoms with Crippen LogP contribution in [0.4, 0.5) is 10.2 Å². The van der Waals surface area contributed by atoms with E-state index in [0.717, 1.165) is 11.3 Å². The maximum atomic E-state index is 13.1. The standard InChI is InChI=1S/C15H14ClFN2O2/c1-8-5-9(2)19-14(13(8)15(20)21)18-7-10-3-4-12(17)11(16)6-10/h3-6H,7H2,1-2H3,(H,18,19)(H,20,21). The zero-order chi connectivity index (χ0) is 15.6.